The van der Waals surface area contributed by atoms with Crippen LogP contribution in [0.25, 0.3) is 6.08 Å². The van der Waals surface area contributed by atoms with Crippen molar-refractivity contribution in [3.63, 3.8) is 0 Å². The molecule has 0 N–H and O–H groups in total. The van der Waals surface area contributed by atoms with Crippen LogP contribution in [0.2, 0.25) is 0 Å². The first kappa shape index (κ1) is 10.6. The standard InChI is InChI=1S/C12H7ClO3/c13-10(6-8-4-2-1-3-5-8)9-7-11(14)16-12(9)15/h1-7H/b10-6-. The Morgan fingerprint density at radius 2 is 1.88 bits per heavy atom. The zero-order valence-electron chi connectivity index (χ0n) is 8.14. The first-order valence-electron chi connectivity index (χ1n) is 4.57. The molecule has 2 rings (SSSR count). The zero-order valence-corrected chi connectivity index (χ0v) is 8.90. The highest BCUT2D eigenvalue weighted by molar-refractivity contribution is 6.38. The number of carbonyl (C=O) groups is 2. The van der Waals surface area contributed by atoms with Crippen molar-refractivity contribution in [1.82, 2.24) is 0 Å². The van der Waals surface area contributed by atoms with Crippen LogP contribution in [-0.2, 0) is 14.3 Å². The summed E-state index contributed by atoms with van der Waals surface area (Å²) in [5, 5.41) is 0.196. The number of hydrogen-bond donors (Lipinski definition) is 0. The van der Waals surface area contributed by atoms with E-state index >= 15 is 0 Å². The molecule has 1 heterocycles. The summed E-state index contributed by atoms with van der Waals surface area (Å²) in [5.41, 5.74) is 0.941. The Balaban J connectivity index is 2.29. The van der Waals surface area contributed by atoms with Crippen LogP contribution in [0.5, 0.6) is 0 Å². The van der Waals surface area contributed by atoms with Gasteiger partial charge < -0.3 is 4.74 Å². The predicted octanol–water partition coefficient (Wildman–Crippen LogP) is 2.28. The molecule has 0 aromatic heterocycles. The van der Waals surface area contributed by atoms with Gasteiger partial charge in [0.1, 0.15) is 0 Å². The van der Waals surface area contributed by atoms with Crippen LogP contribution in [0.15, 0.2) is 47.0 Å². The largest absolute Gasteiger partial charge is 0.386 e. The fourth-order valence-electron chi connectivity index (χ4n) is 1.29. The summed E-state index contributed by atoms with van der Waals surface area (Å²) in [5.74, 6) is -1.39. The molecule has 0 saturated heterocycles. The van der Waals surface area contributed by atoms with Gasteiger partial charge in [0.15, 0.2) is 0 Å². The Labute approximate surface area is 97.0 Å². The van der Waals surface area contributed by atoms with E-state index in [1.54, 1.807) is 6.08 Å². The van der Waals surface area contributed by atoms with Crippen molar-refractivity contribution < 1.29 is 14.3 Å². The monoisotopic (exact) mass is 234 g/mol. The van der Waals surface area contributed by atoms with E-state index in [1.165, 1.54) is 0 Å². The van der Waals surface area contributed by atoms with E-state index in [1.807, 2.05) is 30.3 Å². The lowest BCUT2D eigenvalue weighted by atomic mass is 10.1. The molecule has 4 heteroatoms. The molecule has 1 aromatic carbocycles. The molecule has 0 aliphatic carbocycles. The van der Waals surface area contributed by atoms with E-state index in [0.29, 0.717) is 0 Å². The Bertz CT molecular complexity index is 500. The summed E-state index contributed by atoms with van der Waals surface area (Å²) in [4.78, 5) is 22.0. The lowest BCUT2D eigenvalue weighted by Gasteiger charge is -1.97. The molecule has 1 aliphatic rings. The third-order valence-corrected chi connectivity index (χ3v) is 2.34. The van der Waals surface area contributed by atoms with E-state index in [-0.39, 0.29) is 10.6 Å². The number of rotatable bonds is 2. The minimum absolute atomic E-state index is 0.0931. The lowest BCUT2D eigenvalue weighted by Crippen LogP contribution is -2.01. The number of hydrogen-bond acceptors (Lipinski definition) is 3. The second kappa shape index (κ2) is 4.33. The number of cyclic esters (lactones) is 2. The fourth-order valence-corrected chi connectivity index (χ4v) is 1.55. The second-order valence-corrected chi connectivity index (χ2v) is 3.58. The fraction of sp³-hybridized carbons (Fsp3) is 0. The molecule has 0 bridgehead atoms. The topological polar surface area (TPSA) is 43.4 Å². The minimum atomic E-state index is -0.706. The molecule has 0 unspecified atom stereocenters. The van der Waals surface area contributed by atoms with Crippen molar-refractivity contribution in [2.24, 2.45) is 0 Å². The highest BCUT2D eigenvalue weighted by Gasteiger charge is 2.25. The lowest BCUT2D eigenvalue weighted by molar-refractivity contribution is -0.150. The van der Waals surface area contributed by atoms with Crippen LogP contribution in [0.4, 0.5) is 0 Å². The number of halogens is 1. The molecule has 0 fully saturated rings. The van der Waals surface area contributed by atoms with Crippen molar-refractivity contribution >= 4 is 29.6 Å². The minimum Gasteiger partial charge on any atom is -0.386 e. The number of benzene rings is 1. The average molecular weight is 235 g/mol. The highest BCUT2D eigenvalue weighted by atomic mass is 35.5. The average Bonchev–Trinajstić information content (AvgIpc) is 2.59. The van der Waals surface area contributed by atoms with Gasteiger partial charge in [-0.3, -0.25) is 0 Å². The molecule has 0 radical (unpaired) electrons. The van der Waals surface area contributed by atoms with Gasteiger partial charge in [-0.15, -0.1) is 0 Å². The normalized spacial score (nSPS) is 16.1. The summed E-state index contributed by atoms with van der Waals surface area (Å²) in [7, 11) is 0. The first-order valence-corrected chi connectivity index (χ1v) is 4.95. The Morgan fingerprint density at radius 3 is 2.44 bits per heavy atom. The third-order valence-electron chi connectivity index (χ3n) is 2.03. The van der Waals surface area contributed by atoms with Gasteiger partial charge in [-0.05, 0) is 11.6 Å². The molecule has 0 atom stereocenters. The molecular weight excluding hydrogens is 228 g/mol. The molecule has 80 valence electrons. The van der Waals surface area contributed by atoms with E-state index < -0.39 is 11.9 Å². The Kier molecular flexibility index (Phi) is 2.88. The third kappa shape index (κ3) is 2.20. The van der Waals surface area contributed by atoms with Gasteiger partial charge in [0.2, 0.25) is 0 Å². The first-order chi connectivity index (χ1) is 7.66. The van der Waals surface area contributed by atoms with Crippen LogP contribution >= 0.6 is 11.6 Å². The highest BCUT2D eigenvalue weighted by Crippen LogP contribution is 2.23. The van der Waals surface area contributed by atoms with Crippen molar-refractivity contribution in [2.45, 2.75) is 0 Å². The molecule has 1 aromatic rings. The molecule has 0 amide bonds. The Morgan fingerprint density at radius 1 is 1.19 bits per heavy atom. The van der Waals surface area contributed by atoms with Crippen LogP contribution < -0.4 is 0 Å². The van der Waals surface area contributed by atoms with E-state index in [9.17, 15) is 9.59 Å². The maximum absolute atomic E-state index is 11.2. The molecular formula is C12H7ClO3. The summed E-state index contributed by atoms with van der Waals surface area (Å²) in [6.45, 7) is 0. The van der Waals surface area contributed by atoms with Crippen LogP contribution in [-0.4, -0.2) is 11.9 Å². The Hall–Kier alpha value is -1.87. The van der Waals surface area contributed by atoms with Crippen molar-refractivity contribution in [1.29, 1.82) is 0 Å². The van der Waals surface area contributed by atoms with Crippen molar-refractivity contribution in [2.75, 3.05) is 0 Å². The molecule has 3 nitrogen and oxygen atoms in total. The zero-order chi connectivity index (χ0) is 11.5. The summed E-state index contributed by atoms with van der Waals surface area (Å²) in [6, 6.07) is 9.25. The van der Waals surface area contributed by atoms with Gasteiger partial charge >= 0.3 is 11.9 Å². The maximum Gasteiger partial charge on any atom is 0.347 e. The van der Waals surface area contributed by atoms with E-state index in [2.05, 4.69) is 4.74 Å². The van der Waals surface area contributed by atoms with Gasteiger partial charge in [-0.2, -0.15) is 0 Å². The molecule has 16 heavy (non-hydrogen) atoms. The van der Waals surface area contributed by atoms with Gasteiger partial charge in [0, 0.05) is 6.08 Å². The summed E-state index contributed by atoms with van der Waals surface area (Å²) in [6.07, 6.45) is 2.69. The van der Waals surface area contributed by atoms with Crippen molar-refractivity contribution in [3.8, 4) is 0 Å². The van der Waals surface area contributed by atoms with Crippen LogP contribution in [0, 0.1) is 0 Å². The second-order valence-electron chi connectivity index (χ2n) is 3.17. The van der Waals surface area contributed by atoms with Gasteiger partial charge in [-0.1, -0.05) is 41.9 Å². The quantitative estimate of drug-likeness (QED) is 0.582. The molecule has 0 spiro atoms. The van der Waals surface area contributed by atoms with Crippen molar-refractivity contribution in [3.05, 3.63) is 52.6 Å². The molecule has 1 aliphatic heterocycles. The van der Waals surface area contributed by atoms with Crippen LogP contribution in [0.1, 0.15) is 5.56 Å². The number of carbonyl (C=O) groups excluding carboxylic acids is 2. The smallest absolute Gasteiger partial charge is 0.347 e. The summed E-state index contributed by atoms with van der Waals surface area (Å²) < 4.78 is 4.34. The van der Waals surface area contributed by atoms with Gasteiger partial charge in [0.05, 0.1) is 10.6 Å². The molecule has 0 saturated carbocycles. The number of ether oxygens (including phenoxy) is 1. The van der Waals surface area contributed by atoms with Crippen LogP contribution in [0.3, 0.4) is 0 Å². The van der Waals surface area contributed by atoms with E-state index in [0.717, 1.165) is 11.6 Å². The number of esters is 2. The van der Waals surface area contributed by atoms with Gasteiger partial charge in [-0.25, -0.2) is 9.59 Å². The predicted molar refractivity (Wildman–Crippen MR) is 59.5 cm³/mol. The summed E-state index contributed by atoms with van der Waals surface area (Å²) >= 11 is 5.92. The van der Waals surface area contributed by atoms with E-state index in [4.69, 9.17) is 11.6 Å². The maximum atomic E-state index is 11.2. The van der Waals surface area contributed by atoms with Gasteiger partial charge in [0.25, 0.3) is 0 Å². The SMILES string of the molecule is O=C1C=C(/C(Cl)=C/c2ccccc2)C(=O)O1.